The number of benzene rings is 3. The summed E-state index contributed by atoms with van der Waals surface area (Å²) in [6.45, 7) is 1.10. The lowest BCUT2D eigenvalue weighted by Gasteiger charge is -2.25. The van der Waals surface area contributed by atoms with Gasteiger partial charge in [-0.25, -0.2) is 12.8 Å². The van der Waals surface area contributed by atoms with Gasteiger partial charge in [0.25, 0.3) is 11.8 Å². The molecule has 0 bridgehead atoms. The first-order chi connectivity index (χ1) is 19.9. The molecule has 0 unspecified atom stereocenters. The van der Waals surface area contributed by atoms with Gasteiger partial charge in [0.1, 0.15) is 17.2 Å². The average molecular weight is 596 g/mol. The largest absolute Gasteiger partial charge is 0.455 e. The monoisotopic (exact) mass is 595 g/mol. The molecule has 1 aliphatic carbocycles. The van der Waals surface area contributed by atoms with Gasteiger partial charge >= 0.3 is 0 Å². The minimum atomic E-state index is -3.89. The summed E-state index contributed by atoms with van der Waals surface area (Å²) in [5.41, 5.74) is 2.08. The van der Waals surface area contributed by atoms with Crippen molar-refractivity contribution in [3.05, 3.63) is 77.6 Å². The number of carbonyl (C=O) groups excluding carboxylic acids is 2. The Labute approximate surface area is 242 Å². The summed E-state index contributed by atoms with van der Waals surface area (Å²) in [4.78, 5) is 26.2. The van der Waals surface area contributed by atoms with Gasteiger partial charge in [-0.2, -0.15) is 0 Å². The van der Waals surface area contributed by atoms with Gasteiger partial charge in [0.05, 0.1) is 24.2 Å². The van der Waals surface area contributed by atoms with Crippen LogP contribution in [0.5, 0.6) is 0 Å². The first-order valence-electron chi connectivity index (χ1n) is 13.5. The molecule has 4 aromatic rings. The fourth-order valence-corrected chi connectivity index (χ4v) is 5.85. The summed E-state index contributed by atoms with van der Waals surface area (Å²) >= 11 is 0. The Balaban J connectivity index is 1.77. The summed E-state index contributed by atoms with van der Waals surface area (Å²) in [6, 6.07) is 15.3. The van der Waals surface area contributed by atoms with E-state index < -0.39 is 28.4 Å². The molecule has 0 saturated heterocycles. The van der Waals surface area contributed by atoms with E-state index in [-0.39, 0.29) is 47.0 Å². The van der Waals surface area contributed by atoms with Gasteiger partial charge in [-0.3, -0.25) is 18.3 Å². The van der Waals surface area contributed by atoms with Crippen LogP contribution in [0.3, 0.4) is 0 Å². The number of nitrogens with one attached hydrogen (secondary N) is 2. The Morgan fingerprint density at radius 1 is 1.02 bits per heavy atom. The fraction of sp³-hybridized carbons (Fsp3) is 0.290. The van der Waals surface area contributed by atoms with E-state index in [2.05, 4.69) is 10.6 Å². The van der Waals surface area contributed by atoms with E-state index in [1.54, 1.807) is 30.3 Å². The normalized spacial score (nSPS) is 14.0. The second-order valence-electron chi connectivity index (χ2n) is 10.7. The number of sulfonamides is 1. The lowest BCUT2D eigenvalue weighted by atomic mass is 9.97. The maximum absolute atomic E-state index is 13.7. The van der Waals surface area contributed by atoms with Crippen molar-refractivity contribution in [3.63, 3.8) is 0 Å². The number of nitrogens with zero attached hydrogens (tertiary/aromatic N) is 1. The Morgan fingerprint density at radius 2 is 1.74 bits per heavy atom. The van der Waals surface area contributed by atoms with Crippen LogP contribution in [0.15, 0.2) is 65.1 Å². The number of rotatable bonds is 10. The summed E-state index contributed by atoms with van der Waals surface area (Å²) in [5.74, 6) is -1.01. The predicted octanol–water partition coefficient (Wildman–Crippen LogP) is 5.67. The number of carbonyl (C=O) groups is 2. The van der Waals surface area contributed by atoms with Crippen molar-refractivity contribution in [2.45, 2.75) is 31.7 Å². The van der Waals surface area contributed by atoms with E-state index in [4.69, 9.17) is 4.42 Å². The van der Waals surface area contributed by atoms with Crippen molar-refractivity contribution in [2.75, 3.05) is 30.8 Å². The standard InChI is InChI=1S/C31H31F2N3O5S/c1-31(12-13-31)35-29(37)21-7-4-6-20(16-21)23-17-24-26(18-25(23)36(15-5-14-32)42(3,39)40)41-28(27(24)30(38)34-2)19-8-10-22(33)11-9-19/h4,6-11,16-18H,5,12-15H2,1-3H3,(H,34,38)(H,35,37). The number of furan rings is 1. The van der Waals surface area contributed by atoms with Crippen LogP contribution in [0, 0.1) is 5.82 Å². The molecule has 0 aliphatic heterocycles. The van der Waals surface area contributed by atoms with E-state index in [0.29, 0.717) is 27.6 Å². The zero-order valence-electron chi connectivity index (χ0n) is 23.5. The molecule has 0 radical (unpaired) electrons. The molecule has 42 heavy (non-hydrogen) atoms. The van der Waals surface area contributed by atoms with Crippen LogP contribution < -0.4 is 14.9 Å². The van der Waals surface area contributed by atoms with E-state index in [0.717, 1.165) is 23.4 Å². The van der Waals surface area contributed by atoms with Gasteiger partial charge in [-0.05, 0) is 74.2 Å². The van der Waals surface area contributed by atoms with Crippen LogP contribution in [0.1, 0.15) is 46.9 Å². The van der Waals surface area contributed by atoms with Crippen LogP contribution in [-0.4, -0.2) is 52.3 Å². The Hall–Kier alpha value is -4.25. The molecule has 1 fully saturated rings. The third kappa shape index (κ3) is 5.87. The third-order valence-corrected chi connectivity index (χ3v) is 8.56. The molecular formula is C31H31F2N3O5S. The zero-order chi connectivity index (χ0) is 30.2. The molecule has 1 heterocycles. The van der Waals surface area contributed by atoms with Crippen molar-refractivity contribution in [1.29, 1.82) is 0 Å². The number of anilines is 1. The van der Waals surface area contributed by atoms with Crippen LogP contribution in [0.4, 0.5) is 14.5 Å². The van der Waals surface area contributed by atoms with Crippen LogP contribution in [0.2, 0.25) is 0 Å². The van der Waals surface area contributed by atoms with Crippen molar-refractivity contribution < 1.29 is 31.2 Å². The van der Waals surface area contributed by atoms with E-state index in [9.17, 15) is 26.8 Å². The summed E-state index contributed by atoms with van der Waals surface area (Å²) in [5, 5.41) is 6.01. The highest BCUT2D eigenvalue weighted by molar-refractivity contribution is 7.92. The maximum atomic E-state index is 13.7. The van der Waals surface area contributed by atoms with Crippen molar-refractivity contribution in [1.82, 2.24) is 10.6 Å². The Morgan fingerprint density at radius 3 is 2.36 bits per heavy atom. The van der Waals surface area contributed by atoms with Crippen molar-refractivity contribution >= 4 is 38.5 Å². The second-order valence-corrected chi connectivity index (χ2v) is 12.6. The van der Waals surface area contributed by atoms with E-state index in [1.807, 2.05) is 6.92 Å². The molecule has 0 spiro atoms. The molecule has 1 saturated carbocycles. The summed E-state index contributed by atoms with van der Waals surface area (Å²) < 4.78 is 60.1. The van der Waals surface area contributed by atoms with E-state index in [1.165, 1.54) is 37.4 Å². The molecular weight excluding hydrogens is 564 g/mol. The van der Waals surface area contributed by atoms with Crippen molar-refractivity contribution in [2.24, 2.45) is 0 Å². The smallest absolute Gasteiger partial charge is 0.255 e. The van der Waals surface area contributed by atoms with Crippen LogP contribution in [-0.2, 0) is 10.0 Å². The first-order valence-corrected chi connectivity index (χ1v) is 15.3. The molecule has 5 rings (SSSR count). The minimum absolute atomic E-state index is 0.0476. The maximum Gasteiger partial charge on any atom is 0.255 e. The SMILES string of the molecule is CNC(=O)c1c(-c2ccc(F)cc2)oc2cc(N(CCCF)S(C)(=O)=O)c(-c3cccc(C(=O)NC4(C)CC4)c3)cc12. The lowest BCUT2D eigenvalue weighted by molar-refractivity contribution is 0.0933. The highest BCUT2D eigenvalue weighted by Crippen LogP contribution is 2.42. The quantitative estimate of drug-likeness (QED) is 0.246. The molecule has 11 heteroatoms. The average Bonchev–Trinajstić information content (AvgIpc) is 3.56. The molecule has 220 valence electrons. The molecule has 0 atom stereocenters. The number of halogens is 2. The molecule has 3 aromatic carbocycles. The molecule has 2 N–H and O–H groups in total. The highest BCUT2D eigenvalue weighted by atomic mass is 32.2. The zero-order valence-corrected chi connectivity index (χ0v) is 24.3. The molecule has 1 aliphatic rings. The summed E-state index contributed by atoms with van der Waals surface area (Å²) in [7, 11) is -2.42. The Kier molecular flexibility index (Phi) is 7.80. The van der Waals surface area contributed by atoms with Gasteiger partial charge in [0, 0.05) is 47.3 Å². The highest BCUT2D eigenvalue weighted by Gasteiger charge is 2.39. The molecule has 8 nitrogen and oxygen atoms in total. The Bertz CT molecular complexity index is 1780. The number of alkyl halides is 1. The van der Waals surface area contributed by atoms with Crippen molar-refractivity contribution in [3.8, 4) is 22.5 Å². The number of hydrogen-bond acceptors (Lipinski definition) is 5. The third-order valence-electron chi connectivity index (χ3n) is 7.38. The topological polar surface area (TPSA) is 109 Å². The van der Waals surface area contributed by atoms with Crippen LogP contribution >= 0.6 is 0 Å². The lowest BCUT2D eigenvalue weighted by Crippen LogP contribution is -2.34. The molecule has 2 amide bonds. The van der Waals surface area contributed by atoms with Gasteiger partial charge < -0.3 is 15.1 Å². The first kappa shape index (κ1) is 29.2. The predicted molar refractivity (Wildman–Crippen MR) is 158 cm³/mol. The van der Waals surface area contributed by atoms with E-state index >= 15 is 0 Å². The fourth-order valence-electron chi connectivity index (χ4n) is 4.88. The van der Waals surface area contributed by atoms with Gasteiger partial charge in [-0.1, -0.05) is 12.1 Å². The number of fused-ring (bicyclic) bond motifs is 1. The van der Waals surface area contributed by atoms with Gasteiger partial charge in [-0.15, -0.1) is 0 Å². The summed E-state index contributed by atoms with van der Waals surface area (Å²) in [6.07, 6.45) is 2.75. The minimum Gasteiger partial charge on any atom is -0.455 e. The number of amides is 2. The molecule has 1 aromatic heterocycles. The van der Waals surface area contributed by atoms with Gasteiger partial charge in [0.15, 0.2) is 0 Å². The second kappa shape index (κ2) is 11.2. The number of hydrogen-bond donors (Lipinski definition) is 2. The van der Waals surface area contributed by atoms with Gasteiger partial charge in [0.2, 0.25) is 10.0 Å². The van der Waals surface area contributed by atoms with Crippen LogP contribution in [0.25, 0.3) is 33.4 Å².